The molecule has 80 valence electrons. The molecule has 0 spiro atoms. The lowest BCUT2D eigenvalue weighted by Gasteiger charge is -2.11. The Bertz CT molecular complexity index is 396. The summed E-state index contributed by atoms with van der Waals surface area (Å²) in [6.07, 6.45) is 4.75. The Kier molecular flexibility index (Phi) is 2.61. The number of carboxylic acid groups (broad SMARTS) is 1. The number of pyridine rings is 1. The number of hydrogen-bond donors (Lipinski definition) is 1. The molecule has 0 radical (unpaired) electrons. The van der Waals surface area contributed by atoms with Crippen molar-refractivity contribution >= 4 is 29.2 Å². The predicted molar refractivity (Wildman–Crippen MR) is 57.3 cm³/mol. The minimum atomic E-state index is -0.772. The molecule has 0 atom stereocenters. The van der Waals surface area contributed by atoms with Crippen LogP contribution in [-0.4, -0.2) is 16.1 Å². The third-order valence-corrected chi connectivity index (χ3v) is 3.43. The molecule has 0 bridgehead atoms. The highest BCUT2D eigenvalue weighted by Crippen LogP contribution is 2.50. The standard InChI is InChI=1S/C10H9Cl2NO2/c11-7-4-13-5-8(12)6(7)3-10(1-2-10)9(14)15/h4-5H,1-3H2,(H,14,15). The third kappa shape index (κ3) is 1.94. The molecule has 0 saturated heterocycles. The van der Waals surface area contributed by atoms with Crippen LogP contribution in [0, 0.1) is 5.41 Å². The van der Waals surface area contributed by atoms with Gasteiger partial charge in [-0.1, -0.05) is 23.2 Å². The zero-order chi connectivity index (χ0) is 11.1. The normalized spacial score (nSPS) is 17.5. The maximum Gasteiger partial charge on any atom is 0.309 e. The van der Waals surface area contributed by atoms with Gasteiger partial charge in [-0.3, -0.25) is 9.78 Å². The average molecular weight is 246 g/mol. The van der Waals surface area contributed by atoms with E-state index < -0.39 is 11.4 Å². The van der Waals surface area contributed by atoms with Crippen molar-refractivity contribution in [3.8, 4) is 0 Å². The van der Waals surface area contributed by atoms with Crippen LogP contribution in [-0.2, 0) is 11.2 Å². The second-order valence-corrected chi connectivity index (χ2v) is 4.66. The monoisotopic (exact) mass is 245 g/mol. The van der Waals surface area contributed by atoms with Crippen LogP contribution >= 0.6 is 23.2 Å². The number of rotatable bonds is 3. The molecule has 0 aliphatic heterocycles. The minimum absolute atomic E-state index is 0.391. The fourth-order valence-electron chi connectivity index (χ4n) is 1.56. The van der Waals surface area contributed by atoms with Gasteiger partial charge < -0.3 is 5.11 Å². The van der Waals surface area contributed by atoms with Gasteiger partial charge in [0.25, 0.3) is 0 Å². The van der Waals surface area contributed by atoms with Crippen LogP contribution in [0.25, 0.3) is 0 Å². The summed E-state index contributed by atoms with van der Waals surface area (Å²) in [6.45, 7) is 0. The summed E-state index contributed by atoms with van der Waals surface area (Å²) in [7, 11) is 0. The van der Waals surface area contributed by atoms with Crippen molar-refractivity contribution in [2.45, 2.75) is 19.3 Å². The molecule has 0 amide bonds. The number of hydrogen-bond acceptors (Lipinski definition) is 2. The van der Waals surface area contributed by atoms with Gasteiger partial charge in [0, 0.05) is 12.4 Å². The first kappa shape index (κ1) is 10.7. The molecule has 1 heterocycles. The average Bonchev–Trinajstić information content (AvgIpc) is 2.93. The van der Waals surface area contributed by atoms with Crippen LogP contribution in [0.5, 0.6) is 0 Å². The van der Waals surface area contributed by atoms with Crippen molar-refractivity contribution in [2.75, 3.05) is 0 Å². The maximum atomic E-state index is 11.0. The molecule has 1 fully saturated rings. The Morgan fingerprint density at radius 2 is 1.93 bits per heavy atom. The minimum Gasteiger partial charge on any atom is -0.481 e. The first-order valence-corrected chi connectivity index (χ1v) is 5.32. The Hall–Kier alpha value is -0.800. The highest BCUT2D eigenvalue weighted by molar-refractivity contribution is 6.35. The Balaban J connectivity index is 2.29. The lowest BCUT2D eigenvalue weighted by Crippen LogP contribution is -2.18. The summed E-state index contributed by atoms with van der Waals surface area (Å²) >= 11 is 11.9. The highest BCUT2D eigenvalue weighted by Gasteiger charge is 2.50. The first-order valence-electron chi connectivity index (χ1n) is 4.56. The van der Waals surface area contributed by atoms with Gasteiger partial charge in [0.15, 0.2) is 0 Å². The van der Waals surface area contributed by atoms with Gasteiger partial charge in [0.2, 0.25) is 0 Å². The summed E-state index contributed by atoms with van der Waals surface area (Å²) in [4.78, 5) is 14.8. The van der Waals surface area contributed by atoms with E-state index in [1.54, 1.807) is 0 Å². The molecule has 1 aliphatic carbocycles. The lowest BCUT2D eigenvalue weighted by molar-refractivity contribution is -0.143. The van der Waals surface area contributed by atoms with Crippen LogP contribution in [0.1, 0.15) is 18.4 Å². The fraction of sp³-hybridized carbons (Fsp3) is 0.400. The Morgan fingerprint density at radius 1 is 1.40 bits per heavy atom. The topological polar surface area (TPSA) is 50.2 Å². The number of nitrogens with zero attached hydrogens (tertiary/aromatic N) is 1. The number of aliphatic carboxylic acids is 1. The van der Waals surface area contributed by atoms with E-state index in [-0.39, 0.29) is 0 Å². The van der Waals surface area contributed by atoms with E-state index in [2.05, 4.69) is 4.98 Å². The summed E-state index contributed by atoms with van der Waals surface area (Å²) in [5.41, 5.74) is 0.0440. The van der Waals surface area contributed by atoms with Gasteiger partial charge in [-0.15, -0.1) is 0 Å². The van der Waals surface area contributed by atoms with E-state index in [9.17, 15) is 4.79 Å². The van der Waals surface area contributed by atoms with Crippen molar-refractivity contribution in [1.82, 2.24) is 4.98 Å². The Morgan fingerprint density at radius 3 is 2.33 bits per heavy atom. The largest absolute Gasteiger partial charge is 0.481 e. The zero-order valence-corrected chi connectivity index (χ0v) is 9.35. The molecule has 1 aromatic rings. The van der Waals surface area contributed by atoms with Crippen molar-refractivity contribution in [2.24, 2.45) is 5.41 Å². The van der Waals surface area contributed by atoms with Gasteiger partial charge in [-0.2, -0.15) is 0 Å². The quantitative estimate of drug-likeness (QED) is 0.891. The van der Waals surface area contributed by atoms with Gasteiger partial charge in [0.1, 0.15) is 0 Å². The van der Waals surface area contributed by atoms with E-state index in [1.807, 2.05) is 0 Å². The summed E-state index contributed by atoms with van der Waals surface area (Å²) < 4.78 is 0. The molecule has 1 aromatic heterocycles. The molecule has 1 saturated carbocycles. The van der Waals surface area contributed by atoms with E-state index in [0.717, 1.165) is 0 Å². The second-order valence-electron chi connectivity index (χ2n) is 3.84. The summed E-state index contributed by atoms with van der Waals surface area (Å²) in [6, 6.07) is 0. The fourth-order valence-corrected chi connectivity index (χ4v) is 2.06. The second kappa shape index (κ2) is 3.65. The number of carbonyl (C=O) groups is 1. The Labute approximate surface area is 97.0 Å². The first-order chi connectivity index (χ1) is 7.05. The molecule has 15 heavy (non-hydrogen) atoms. The number of halogens is 2. The molecule has 0 aromatic carbocycles. The van der Waals surface area contributed by atoms with Crippen LogP contribution in [0.15, 0.2) is 12.4 Å². The van der Waals surface area contributed by atoms with Gasteiger partial charge in [-0.25, -0.2) is 0 Å². The van der Waals surface area contributed by atoms with Crippen LogP contribution in [0.4, 0.5) is 0 Å². The van der Waals surface area contributed by atoms with E-state index >= 15 is 0 Å². The van der Waals surface area contributed by atoms with Crippen molar-refractivity contribution < 1.29 is 9.90 Å². The molecular formula is C10H9Cl2NO2. The summed E-state index contributed by atoms with van der Waals surface area (Å²) in [5, 5.41) is 9.92. The molecule has 0 unspecified atom stereocenters. The molecule has 1 N–H and O–H groups in total. The van der Waals surface area contributed by atoms with Gasteiger partial charge in [-0.05, 0) is 24.8 Å². The number of carboxylic acids is 1. The summed E-state index contributed by atoms with van der Waals surface area (Å²) in [5.74, 6) is -0.772. The predicted octanol–water partition coefficient (Wildman–Crippen LogP) is 2.80. The van der Waals surface area contributed by atoms with Crippen molar-refractivity contribution in [1.29, 1.82) is 0 Å². The highest BCUT2D eigenvalue weighted by atomic mass is 35.5. The SMILES string of the molecule is O=C(O)C1(Cc2c(Cl)cncc2Cl)CC1. The zero-order valence-electron chi connectivity index (χ0n) is 7.83. The van der Waals surface area contributed by atoms with Crippen molar-refractivity contribution in [3.63, 3.8) is 0 Å². The smallest absolute Gasteiger partial charge is 0.309 e. The number of aromatic nitrogens is 1. The molecule has 5 heteroatoms. The maximum absolute atomic E-state index is 11.0. The molecular weight excluding hydrogens is 237 g/mol. The van der Waals surface area contributed by atoms with E-state index in [4.69, 9.17) is 28.3 Å². The van der Waals surface area contributed by atoms with Gasteiger partial charge >= 0.3 is 5.97 Å². The van der Waals surface area contributed by atoms with Crippen LogP contribution in [0.3, 0.4) is 0 Å². The molecule has 1 aliphatic rings. The third-order valence-electron chi connectivity index (χ3n) is 2.77. The van der Waals surface area contributed by atoms with Crippen molar-refractivity contribution in [3.05, 3.63) is 28.0 Å². The molecule has 2 rings (SSSR count). The lowest BCUT2D eigenvalue weighted by atomic mass is 9.97. The van der Waals surface area contributed by atoms with E-state index in [0.29, 0.717) is 34.9 Å². The van der Waals surface area contributed by atoms with Crippen LogP contribution in [0.2, 0.25) is 10.0 Å². The molecule has 3 nitrogen and oxygen atoms in total. The van der Waals surface area contributed by atoms with Crippen LogP contribution < -0.4 is 0 Å². The van der Waals surface area contributed by atoms with Gasteiger partial charge in [0.05, 0.1) is 15.5 Å². The van der Waals surface area contributed by atoms with E-state index in [1.165, 1.54) is 12.4 Å².